The first-order valence-corrected chi connectivity index (χ1v) is 6.88. The SMILES string of the molecule is CCOC(=O)C(C)NC(=O)COc1ccc(OCC)cc1. The van der Waals surface area contributed by atoms with Gasteiger partial charge >= 0.3 is 5.97 Å². The van der Waals surface area contributed by atoms with Crippen LogP contribution in [0.4, 0.5) is 0 Å². The lowest BCUT2D eigenvalue weighted by atomic mass is 10.3. The minimum Gasteiger partial charge on any atom is -0.494 e. The van der Waals surface area contributed by atoms with Crippen molar-refractivity contribution in [3.63, 3.8) is 0 Å². The molecule has 21 heavy (non-hydrogen) atoms. The van der Waals surface area contributed by atoms with Gasteiger partial charge in [0.05, 0.1) is 13.2 Å². The van der Waals surface area contributed by atoms with Crippen molar-refractivity contribution in [1.82, 2.24) is 5.32 Å². The molecule has 6 heteroatoms. The molecule has 0 saturated heterocycles. The van der Waals surface area contributed by atoms with Crippen molar-refractivity contribution in [2.45, 2.75) is 26.8 Å². The summed E-state index contributed by atoms with van der Waals surface area (Å²) >= 11 is 0. The second-order valence-corrected chi connectivity index (χ2v) is 4.23. The number of nitrogens with one attached hydrogen (secondary N) is 1. The molecule has 0 saturated carbocycles. The molecule has 0 spiro atoms. The van der Waals surface area contributed by atoms with E-state index in [9.17, 15) is 9.59 Å². The van der Waals surface area contributed by atoms with Crippen LogP contribution in [0.5, 0.6) is 11.5 Å². The molecule has 0 aliphatic carbocycles. The predicted molar refractivity (Wildman–Crippen MR) is 77.3 cm³/mol. The fraction of sp³-hybridized carbons (Fsp3) is 0.467. The van der Waals surface area contributed by atoms with Gasteiger partial charge in [-0.3, -0.25) is 4.79 Å². The third kappa shape index (κ3) is 6.16. The second-order valence-electron chi connectivity index (χ2n) is 4.23. The Morgan fingerprint density at radius 1 is 1.05 bits per heavy atom. The maximum absolute atomic E-state index is 11.6. The zero-order valence-electron chi connectivity index (χ0n) is 12.5. The van der Waals surface area contributed by atoms with E-state index in [1.165, 1.54) is 0 Å². The lowest BCUT2D eigenvalue weighted by Crippen LogP contribution is -2.41. The Kier molecular flexibility index (Phi) is 7.08. The summed E-state index contributed by atoms with van der Waals surface area (Å²) in [4.78, 5) is 23.0. The van der Waals surface area contributed by atoms with Crippen LogP contribution in [0.3, 0.4) is 0 Å². The van der Waals surface area contributed by atoms with E-state index >= 15 is 0 Å². The number of carbonyl (C=O) groups is 2. The number of carbonyl (C=O) groups excluding carboxylic acids is 2. The predicted octanol–water partition coefficient (Wildman–Crippen LogP) is 1.53. The van der Waals surface area contributed by atoms with Gasteiger partial charge in [0, 0.05) is 0 Å². The number of ether oxygens (including phenoxy) is 3. The van der Waals surface area contributed by atoms with Gasteiger partial charge in [0.25, 0.3) is 5.91 Å². The lowest BCUT2D eigenvalue weighted by molar-refractivity contribution is -0.147. The van der Waals surface area contributed by atoms with E-state index in [-0.39, 0.29) is 19.1 Å². The third-order valence-electron chi connectivity index (χ3n) is 2.52. The minimum absolute atomic E-state index is 0.169. The molecule has 1 N–H and O–H groups in total. The number of rotatable bonds is 8. The normalized spacial score (nSPS) is 11.4. The van der Waals surface area contributed by atoms with E-state index in [0.717, 1.165) is 5.75 Å². The molecule has 0 heterocycles. The molecule has 0 fully saturated rings. The summed E-state index contributed by atoms with van der Waals surface area (Å²) in [6, 6.07) is 6.26. The molecule has 6 nitrogen and oxygen atoms in total. The van der Waals surface area contributed by atoms with Gasteiger partial charge in [-0.1, -0.05) is 0 Å². The number of esters is 1. The molecule has 0 radical (unpaired) electrons. The van der Waals surface area contributed by atoms with Crippen LogP contribution in [0.1, 0.15) is 20.8 Å². The van der Waals surface area contributed by atoms with Crippen molar-refractivity contribution < 1.29 is 23.8 Å². The van der Waals surface area contributed by atoms with Crippen molar-refractivity contribution in [3.8, 4) is 11.5 Å². The first-order valence-electron chi connectivity index (χ1n) is 6.88. The van der Waals surface area contributed by atoms with Crippen LogP contribution < -0.4 is 14.8 Å². The van der Waals surface area contributed by atoms with Crippen molar-refractivity contribution in [1.29, 1.82) is 0 Å². The van der Waals surface area contributed by atoms with E-state index < -0.39 is 12.0 Å². The molecular weight excluding hydrogens is 274 g/mol. The van der Waals surface area contributed by atoms with Crippen molar-refractivity contribution >= 4 is 11.9 Å². The smallest absolute Gasteiger partial charge is 0.328 e. The molecule has 1 aromatic carbocycles. The van der Waals surface area contributed by atoms with Crippen LogP contribution in [-0.2, 0) is 14.3 Å². The standard InChI is InChI=1S/C15H21NO5/c1-4-19-12-6-8-13(9-7-12)21-10-14(17)16-11(3)15(18)20-5-2/h6-9,11H,4-5,10H2,1-3H3,(H,16,17). The van der Waals surface area contributed by atoms with E-state index in [2.05, 4.69) is 5.32 Å². The van der Waals surface area contributed by atoms with Gasteiger partial charge in [-0.05, 0) is 45.0 Å². The summed E-state index contributed by atoms with van der Waals surface area (Å²) in [6.45, 7) is 5.88. The topological polar surface area (TPSA) is 73.9 Å². The molecule has 0 aromatic heterocycles. The summed E-state index contributed by atoms with van der Waals surface area (Å²) in [6.07, 6.45) is 0. The largest absolute Gasteiger partial charge is 0.494 e. The van der Waals surface area contributed by atoms with Crippen LogP contribution in [0.2, 0.25) is 0 Å². The average Bonchev–Trinajstić information content (AvgIpc) is 2.47. The molecular formula is C15H21NO5. The van der Waals surface area contributed by atoms with Crippen LogP contribution in [0.25, 0.3) is 0 Å². The van der Waals surface area contributed by atoms with Gasteiger partial charge < -0.3 is 19.5 Å². The highest BCUT2D eigenvalue weighted by Crippen LogP contribution is 2.17. The molecule has 0 aliphatic heterocycles. The summed E-state index contributed by atoms with van der Waals surface area (Å²) < 4.78 is 15.4. The van der Waals surface area contributed by atoms with E-state index in [4.69, 9.17) is 14.2 Å². The number of amides is 1. The number of hydrogen-bond donors (Lipinski definition) is 1. The van der Waals surface area contributed by atoms with Crippen molar-refractivity contribution in [3.05, 3.63) is 24.3 Å². The number of benzene rings is 1. The van der Waals surface area contributed by atoms with Crippen molar-refractivity contribution in [2.24, 2.45) is 0 Å². The van der Waals surface area contributed by atoms with Gasteiger partial charge in [0.1, 0.15) is 17.5 Å². The Balaban J connectivity index is 2.37. The quantitative estimate of drug-likeness (QED) is 0.736. The molecule has 1 rings (SSSR count). The average molecular weight is 295 g/mol. The Morgan fingerprint density at radius 3 is 2.14 bits per heavy atom. The molecule has 1 amide bonds. The van der Waals surface area contributed by atoms with Gasteiger partial charge in [-0.25, -0.2) is 4.79 Å². The van der Waals surface area contributed by atoms with E-state index in [1.807, 2.05) is 6.92 Å². The number of hydrogen-bond acceptors (Lipinski definition) is 5. The Labute approximate surface area is 124 Å². The summed E-state index contributed by atoms with van der Waals surface area (Å²) in [7, 11) is 0. The highest BCUT2D eigenvalue weighted by Gasteiger charge is 2.16. The minimum atomic E-state index is -0.693. The Hall–Kier alpha value is -2.24. The fourth-order valence-corrected chi connectivity index (χ4v) is 1.56. The maximum atomic E-state index is 11.6. The van der Waals surface area contributed by atoms with Gasteiger partial charge in [-0.15, -0.1) is 0 Å². The molecule has 0 bridgehead atoms. The summed E-state index contributed by atoms with van der Waals surface area (Å²) in [5.74, 6) is 0.444. The highest BCUT2D eigenvalue weighted by atomic mass is 16.5. The van der Waals surface area contributed by atoms with Gasteiger partial charge in [-0.2, -0.15) is 0 Å². The zero-order chi connectivity index (χ0) is 15.7. The van der Waals surface area contributed by atoms with Crippen LogP contribution in [-0.4, -0.2) is 37.7 Å². The van der Waals surface area contributed by atoms with Crippen LogP contribution in [0, 0.1) is 0 Å². The summed E-state index contributed by atoms with van der Waals surface area (Å²) in [5.41, 5.74) is 0. The molecule has 116 valence electrons. The first kappa shape index (κ1) is 16.8. The lowest BCUT2D eigenvalue weighted by Gasteiger charge is -2.13. The zero-order valence-corrected chi connectivity index (χ0v) is 12.5. The second kappa shape index (κ2) is 8.84. The van der Waals surface area contributed by atoms with Gasteiger partial charge in [0.15, 0.2) is 6.61 Å². The van der Waals surface area contributed by atoms with E-state index in [1.54, 1.807) is 38.1 Å². The monoisotopic (exact) mass is 295 g/mol. The van der Waals surface area contributed by atoms with Crippen LogP contribution in [0.15, 0.2) is 24.3 Å². The molecule has 1 aromatic rings. The Bertz CT molecular complexity index is 458. The van der Waals surface area contributed by atoms with E-state index in [0.29, 0.717) is 12.4 Å². The molecule has 1 unspecified atom stereocenters. The maximum Gasteiger partial charge on any atom is 0.328 e. The Morgan fingerprint density at radius 2 is 1.62 bits per heavy atom. The third-order valence-corrected chi connectivity index (χ3v) is 2.52. The molecule has 0 aliphatic rings. The molecule has 1 atom stereocenters. The fourth-order valence-electron chi connectivity index (χ4n) is 1.56. The first-order chi connectivity index (χ1) is 10.1. The van der Waals surface area contributed by atoms with Crippen molar-refractivity contribution in [2.75, 3.05) is 19.8 Å². The highest BCUT2D eigenvalue weighted by molar-refractivity contribution is 5.84. The summed E-state index contributed by atoms with van der Waals surface area (Å²) in [5, 5.41) is 2.50. The van der Waals surface area contributed by atoms with Gasteiger partial charge in [0.2, 0.25) is 0 Å². The van der Waals surface area contributed by atoms with Crippen LogP contribution >= 0.6 is 0 Å².